The lowest BCUT2D eigenvalue weighted by Gasteiger charge is -2.04. The van der Waals surface area contributed by atoms with Gasteiger partial charge in [-0.2, -0.15) is 0 Å². The fourth-order valence-corrected chi connectivity index (χ4v) is 2.89. The number of benzene rings is 1. The molecule has 0 bridgehead atoms. The molecule has 2 N–H and O–H groups in total. The number of hydrogen-bond donors (Lipinski definition) is 1. The van der Waals surface area contributed by atoms with Crippen LogP contribution in [0.3, 0.4) is 0 Å². The summed E-state index contributed by atoms with van der Waals surface area (Å²) in [5.41, 5.74) is 7.28. The number of thiophene rings is 1. The van der Waals surface area contributed by atoms with Gasteiger partial charge < -0.3 is 5.73 Å². The van der Waals surface area contributed by atoms with Crippen LogP contribution in [0.5, 0.6) is 0 Å². The topological polar surface area (TPSA) is 26.0 Å². The molecule has 14 heavy (non-hydrogen) atoms. The number of aryl methyl sites for hydroxylation is 1. The largest absolute Gasteiger partial charge is 0.328 e. The number of rotatable bonds is 2. The van der Waals surface area contributed by atoms with Crippen LogP contribution in [0.2, 0.25) is 0 Å². The lowest BCUT2D eigenvalue weighted by atomic mass is 10.0. The van der Waals surface area contributed by atoms with Gasteiger partial charge in [0.15, 0.2) is 0 Å². The maximum atomic E-state index is 5.85. The summed E-state index contributed by atoms with van der Waals surface area (Å²) in [5.74, 6) is 0. The van der Waals surface area contributed by atoms with E-state index in [0.717, 1.165) is 6.42 Å². The molecule has 1 aromatic carbocycles. The van der Waals surface area contributed by atoms with Crippen molar-refractivity contribution in [3.05, 3.63) is 34.7 Å². The van der Waals surface area contributed by atoms with Gasteiger partial charge in [0.1, 0.15) is 0 Å². The molecule has 1 nitrogen and oxygen atoms in total. The molecule has 2 heteroatoms. The van der Waals surface area contributed by atoms with Gasteiger partial charge in [-0.1, -0.05) is 18.2 Å². The minimum atomic E-state index is 0.242. The molecule has 0 aliphatic heterocycles. The van der Waals surface area contributed by atoms with Crippen LogP contribution in [0, 0.1) is 6.92 Å². The van der Waals surface area contributed by atoms with Gasteiger partial charge in [0.25, 0.3) is 0 Å². The van der Waals surface area contributed by atoms with Gasteiger partial charge in [-0.15, -0.1) is 11.3 Å². The minimum Gasteiger partial charge on any atom is -0.328 e. The first-order valence-corrected chi connectivity index (χ1v) is 5.72. The molecule has 0 radical (unpaired) electrons. The minimum absolute atomic E-state index is 0.242. The smallest absolute Gasteiger partial charge is 0.0348 e. The Kier molecular flexibility index (Phi) is 2.57. The number of nitrogens with two attached hydrogens (primary N) is 1. The second-order valence-electron chi connectivity index (χ2n) is 3.81. The van der Waals surface area contributed by atoms with Gasteiger partial charge in [0.05, 0.1) is 0 Å². The summed E-state index contributed by atoms with van der Waals surface area (Å²) in [6.45, 7) is 4.24. The van der Waals surface area contributed by atoms with E-state index in [0.29, 0.717) is 0 Å². The average Bonchev–Trinajstić information content (AvgIpc) is 2.43. The van der Waals surface area contributed by atoms with Crippen molar-refractivity contribution in [1.82, 2.24) is 0 Å². The van der Waals surface area contributed by atoms with Crippen LogP contribution in [-0.2, 0) is 6.42 Å². The molecule has 74 valence electrons. The van der Waals surface area contributed by atoms with Crippen LogP contribution in [0.4, 0.5) is 0 Å². The monoisotopic (exact) mass is 205 g/mol. The predicted molar refractivity (Wildman–Crippen MR) is 63.9 cm³/mol. The summed E-state index contributed by atoms with van der Waals surface area (Å²) in [4.78, 5) is 1.41. The molecule has 0 aliphatic rings. The van der Waals surface area contributed by atoms with E-state index in [4.69, 9.17) is 5.73 Å². The SMILES string of the molecule is Cc1sc2ccccc2c1CC(C)N. The molecule has 1 aromatic heterocycles. The second-order valence-corrected chi connectivity index (χ2v) is 5.07. The fourth-order valence-electron chi connectivity index (χ4n) is 1.80. The van der Waals surface area contributed by atoms with E-state index in [2.05, 4.69) is 38.1 Å². The zero-order valence-electron chi connectivity index (χ0n) is 8.58. The first-order valence-electron chi connectivity index (χ1n) is 4.91. The number of hydrogen-bond acceptors (Lipinski definition) is 2. The van der Waals surface area contributed by atoms with Crippen molar-refractivity contribution < 1.29 is 0 Å². The van der Waals surface area contributed by atoms with Crippen LogP contribution in [0.1, 0.15) is 17.4 Å². The molecule has 0 fully saturated rings. The van der Waals surface area contributed by atoms with Crippen LogP contribution < -0.4 is 5.73 Å². The maximum absolute atomic E-state index is 5.85. The van der Waals surface area contributed by atoms with Crippen LogP contribution in [0.15, 0.2) is 24.3 Å². The van der Waals surface area contributed by atoms with E-state index in [9.17, 15) is 0 Å². The van der Waals surface area contributed by atoms with Crippen molar-refractivity contribution in [3.8, 4) is 0 Å². The molecule has 1 atom stereocenters. The van der Waals surface area contributed by atoms with E-state index in [-0.39, 0.29) is 6.04 Å². The van der Waals surface area contributed by atoms with Gasteiger partial charge in [0, 0.05) is 15.6 Å². The predicted octanol–water partition coefficient (Wildman–Crippen LogP) is 3.10. The lowest BCUT2D eigenvalue weighted by molar-refractivity contribution is 0.740. The quantitative estimate of drug-likeness (QED) is 0.801. The molecule has 2 rings (SSSR count). The van der Waals surface area contributed by atoms with Crippen molar-refractivity contribution >= 4 is 21.4 Å². The van der Waals surface area contributed by atoms with Crippen LogP contribution in [0.25, 0.3) is 10.1 Å². The maximum Gasteiger partial charge on any atom is 0.0348 e. The summed E-state index contributed by atoms with van der Waals surface area (Å²) in [5, 5.41) is 1.38. The van der Waals surface area contributed by atoms with Crippen molar-refractivity contribution in [2.45, 2.75) is 26.3 Å². The molecule has 0 aliphatic carbocycles. The Bertz CT molecular complexity index is 443. The van der Waals surface area contributed by atoms with Gasteiger partial charge in [0.2, 0.25) is 0 Å². The highest BCUT2D eigenvalue weighted by molar-refractivity contribution is 7.19. The van der Waals surface area contributed by atoms with Gasteiger partial charge in [-0.25, -0.2) is 0 Å². The van der Waals surface area contributed by atoms with Crippen molar-refractivity contribution in [3.63, 3.8) is 0 Å². The highest BCUT2D eigenvalue weighted by Crippen LogP contribution is 2.31. The molecule has 1 heterocycles. The molecule has 0 amide bonds. The zero-order valence-corrected chi connectivity index (χ0v) is 9.40. The molecule has 1 unspecified atom stereocenters. The summed E-state index contributed by atoms with van der Waals surface area (Å²) >= 11 is 1.87. The lowest BCUT2D eigenvalue weighted by Crippen LogP contribution is -2.17. The molecule has 0 spiro atoms. The van der Waals surface area contributed by atoms with E-state index >= 15 is 0 Å². The molecule has 2 aromatic rings. The molecular weight excluding hydrogens is 190 g/mol. The Morgan fingerprint density at radius 2 is 2.07 bits per heavy atom. The standard InChI is InChI=1S/C12H15NS/c1-8(13)7-11-9(2)14-12-6-4-3-5-10(11)12/h3-6,8H,7,13H2,1-2H3. The third-order valence-electron chi connectivity index (χ3n) is 2.43. The normalized spacial score (nSPS) is 13.4. The summed E-state index contributed by atoms with van der Waals surface area (Å²) in [6, 6.07) is 8.80. The Labute approximate surface area is 88.6 Å². The summed E-state index contributed by atoms with van der Waals surface area (Å²) in [7, 11) is 0. The van der Waals surface area contributed by atoms with Crippen LogP contribution in [-0.4, -0.2) is 6.04 Å². The van der Waals surface area contributed by atoms with Crippen molar-refractivity contribution in [2.75, 3.05) is 0 Å². The molecular formula is C12H15NS. The Morgan fingerprint density at radius 3 is 2.79 bits per heavy atom. The Hall–Kier alpha value is -0.860. The summed E-state index contributed by atoms with van der Waals surface area (Å²) < 4.78 is 1.38. The highest BCUT2D eigenvalue weighted by Gasteiger charge is 2.09. The van der Waals surface area contributed by atoms with E-state index in [1.807, 2.05) is 11.3 Å². The zero-order chi connectivity index (χ0) is 10.1. The average molecular weight is 205 g/mol. The third-order valence-corrected chi connectivity index (χ3v) is 3.55. The van der Waals surface area contributed by atoms with Crippen LogP contribution >= 0.6 is 11.3 Å². The van der Waals surface area contributed by atoms with E-state index in [1.54, 1.807) is 0 Å². The van der Waals surface area contributed by atoms with Gasteiger partial charge in [-0.3, -0.25) is 0 Å². The summed E-state index contributed by atoms with van der Waals surface area (Å²) in [6.07, 6.45) is 0.982. The van der Waals surface area contributed by atoms with E-state index in [1.165, 1.54) is 20.5 Å². The molecule has 0 saturated heterocycles. The van der Waals surface area contributed by atoms with Crippen molar-refractivity contribution in [2.24, 2.45) is 5.73 Å². The fraction of sp³-hybridized carbons (Fsp3) is 0.333. The Morgan fingerprint density at radius 1 is 1.36 bits per heavy atom. The first kappa shape index (κ1) is 9.69. The van der Waals surface area contributed by atoms with Gasteiger partial charge in [-0.05, 0) is 37.3 Å². The highest BCUT2D eigenvalue weighted by atomic mass is 32.1. The van der Waals surface area contributed by atoms with E-state index < -0.39 is 0 Å². The third kappa shape index (κ3) is 1.68. The van der Waals surface area contributed by atoms with Gasteiger partial charge >= 0.3 is 0 Å². The number of fused-ring (bicyclic) bond motifs is 1. The van der Waals surface area contributed by atoms with Crippen molar-refractivity contribution in [1.29, 1.82) is 0 Å². The Balaban J connectivity index is 2.56. The molecule has 0 saturated carbocycles. The first-order chi connectivity index (χ1) is 6.68. The second kappa shape index (κ2) is 3.71.